The van der Waals surface area contributed by atoms with Crippen LogP contribution in [-0.2, 0) is 0 Å². The van der Waals surface area contributed by atoms with Gasteiger partial charge in [0.15, 0.2) is 11.5 Å². The smallest absolute Gasteiger partial charge is 0.173 e. The predicted octanol–water partition coefficient (Wildman–Crippen LogP) is 2.31. The zero-order chi connectivity index (χ0) is 12.3. The Kier molecular flexibility index (Phi) is 5.04. The van der Waals surface area contributed by atoms with Crippen molar-refractivity contribution in [1.29, 1.82) is 0 Å². The molecule has 0 unspecified atom stereocenters. The molecular weight excluding hydrogens is 342 g/mol. The minimum absolute atomic E-state index is 0.00835. The summed E-state index contributed by atoms with van der Waals surface area (Å²) in [5.41, 5.74) is 6.67. The van der Waals surface area contributed by atoms with Crippen molar-refractivity contribution in [3.05, 3.63) is 20.6 Å². The van der Waals surface area contributed by atoms with Crippen LogP contribution in [-0.4, -0.2) is 23.9 Å². The maximum atomic E-state index is 9.72. The summed E-state index contributed by atoms with van der Waals surface area (Å²) in [5.74, 6) is 0.368. The van der Waals surface area contributed by atoms with Crippen LogP contribution in [0, 0.1) is 0 Å². The maximum Gasteiger partial charge on any atom is 0.173 e. The molecule has 1 atom stereocenters. The second-order valence-corrected chi connectivity index (χ2v) is 4.85. The molecule has 0 saturated heterocycles. The van der Waals surface area contributed by atoms with Crippen molar-refractivity contribution in [2.45, 2.75) is 12.5 Å². The molecule has 0 spiro atoms. The minimum Gasteiger partial charge on any atom is -0.503 e. The van der Waals surface area contributed by atoms with Gasteiger partial charge in [-0.25, -0.2) is 0 Å². The predicted molar refractivity (Wildman–Crippen MR) is 68.7 cm³/mol. The van der Waals surface area contributed by atoms with Crippen molar-refractivity contribution in [3.8, 4) is 11.5 Å². The number of aliphatic hydroxyl groups excluding tert-OH is 1. The number of halogens is 2. The van der Waals surface area contributed by atoms with E-state index in [2.05, 4.69) is 31.9 Å². The number of nitrogens with two attached hydrogens (primary N) is 1. The van der Waals surface area contributed by atoms with Crippen molar-refractivity contribution in [2.75, 3.05) is 13.7 Å². The first-order chi connectivity index (χ1) is 7.52. The number of phenolic OH excluding ortho intramolecular Hbond substituents is 1. The molecule has 0 saturated carbocycles. The van der Waals surface area contributed by atoms with Gasteiger partial charge in [-0.05, 0) is 49.9 Å². The van der Waals surface area contributed by atoms with Crippen molar-refractivity contribution >= 4 is 31.9 Å². The molecule has 0 aliphatic heterocycles. The Balaban J connectivity index is 3.24. The van der Waals surface area contributed by atoms with E-state index >= 15 is 0 Å². The van der Waals surface area contributed by atoms with Crippen molar-refractivity contribution in [2.24, 2.45) is 5.73 Å². The lowest BCUT2D eigenvalue weighted by molar-refractivity contribution is 0.276. The maximum absolute atomic E-state index is 9.72. The van der Waals surface area contributed by atoms with E-state index in [-0.39, 0.29) is 18.4 Å². The number of rotatable bonds is 4. The van der Waals surface area contributed by atoms with E-state index in [0.717, 1.165) is 5.56 Å². The van der Waals surface area contributed by atoms with Gasteiger partial charge in [0.1, 0.15) is 0 Å². The van der Waals surface area contributed by atoms with E-state index in [1.165, 1.54) is 7.11 Å². The first-order valence-corrected chi connectivity index (χ1v) is 6.22. The molecule has 1 aromatic carbocycles. The Morgan fingerprint density at radius 2 is 2.06 bits per heavy atom. The summed E-state index contributed by atoms with van der Waals surface area (Å²) in [4.78, 5) is 0. The standard InChI is InChI=1S/C10H13Br2NO3/c1-16-7-4-5(6(13)2-3-14)8(11)9(12)10(7)15/h4,6,14-15H,2-3,13H2,1H3/t6-/m0/s1. The third-order valence-electron chi connectivity index (χ3n) is 2.23. The van der Waals surface area contributed by atoms with Gasteiger partial charge in [-0.1, -0.05) is 0 Å². The van der Waals surface area contributed by atoms with E-state index in [1.807, 2.05) is 0 Å². The number of hydrogen-bond acceptors (Lipinski definition) is 4. The Hall–Kier alpha value is -0.300. The van der Waals surface area contributed by atoms with Crippen LogP contribution in [0.2, 0.25) is 0 Å². The van der Waals surface area contributed by atoms with Crippen LogP contribution in [0.3, 0.4) is 0 Å². The highest BCUT2D eigenvalue weighted by molar-refractivity contribution is 9.13. The van der Waals surface area contributed by atoms with E-state index in [1.54, 1.807) is 6.07 Å². The summed E-state index contributed by atoms with van der Waals surface area (Å²) < 4.78 is 6.20. The summed E-state index contributed by atoms with van der Waals surface area (Å²) >= 11 is 6.59. The average molecular weight is 355 g/mol. The molecule has 1 rings (SSSR count). The molecule has 0 radical (unpaired) electrons. The SMILES string of the molecule is COc1cc([C@@H](N)CCO)c(Br)c(Br)c1O. The Labute approximate surface area is 111 Å². The second-order valence-electron chi connectivity index (χ2n) is 3.26. The van der Waals surface area contributed by atoms with Crippen LogP contribution in [0.1, 0.15) is 18.0 Å². The minimum atomic E-state index is -0.315. The summed E-state index contributed by atoms with van der Waals surface area (Å²) in [7, 11) is 1.47. The second kappa shape index (κ2) is 5.86. The van der Waals surface area contributed by atoms with Gasteiger partial charge in [-0.3, -0.25) is 0 Å². The topological polar surface area (TPSA) is 75.7 Å². The Bertz CT molecular complexity index is 385. The molecule has 0 fully saturated rings. The van der Waals surface area contributed by atoms with E-state index in [0.29, 0.717) is 21.1 Å². The molecule has 0 aromatic heterocycles. The first kappa shape index (κ1) is 13.8. The van der Waals surface area contributed by atoms with Crippen LogP contribution in [0.25, 0.3) is 0 Å². The normalized spacial score (nSPS) is 12.6. The van der Waals surface area contributed by atoms with E-state index < -0.39 is 0 Å². The lowest BCUT2D eigenvalue weighted by atomic mass is 10.0. The fourth-order valence-electron chi connectivity index (χ4n) is 1.33. The van der Waals surface area contributed by atoms with Gasteiger partial charge in [0, 0.05) is 17.1 Å². The molecule has 6 heteroatoms. The highest BCUT2D eigenvalue weighted by Crippen LogP contribution is 2.43. The van der Waals surface area contributed by atoms with Gasteiger partial charge in [0.2, 0.25) is 0 Å². The van der Waals surface area contributed by atoms with Crippen LogP contribution < -0.4 is 10.5 Å². The average Bonchev–Trinajstić information content (AvgIpc) is 2.27. The largest absolute Gasteiger partial charge is 0.503 e. The molecule has 0 bridgehead atoms. The van der Waals surface area contributed by atoms with Crippen LogP contribution >= 0.6 is 31.9 Å². The fraction of sp³-hybridized carbons (Fsp3) is 0.400. The van der Waals surface area contributed by atoms with Crippen LogP contribution in [0.4, 0.5) is 0 Å². The number of ether oxygens (including phenoxy) is 1. The van der Waals surface area contributed by atoms with Gasteiger partial charge in [-0.15, -0.1) is 0 Å². The summed E-state index contributed by atoms with van der Waals surface area (Å²) in [6.45, 7) is 0.00835. The number of benzene rings is 1. The number of aliphatic hydroxyl groups is 1. The summed E-state index contributed by atoms with van der Waals surface area (Å²) in [6.07, 6.45) is 0.443. The van der Waals surface area contributed by atoms with Gasteiger partial charge < -0.3 is 20.7 Å². The monoisotopic (exact) mass is 353 g/mol. The van der Waals surface area contributed by atoms with Gasteiger partial charge in [-0.2, -0.15) is 0 Å². The number of hydrogen-bond donors (Lipinski definition) is 3. The zero-order valence-electron chi connectivity index (χ0n) is 8.70. The lowest BCUT2D eigenvalue weighted by Crippen LogP contribution is -2.13. The highest BCUT2D eigenvalue weighted by Gasteiger charge is 2.18. The third-order valence-corrected chi connectivity index (χ3v) is 4.39. The summed E-state index contributed by atoms with van der Waals surface area (Å²) in [5, 5.41) is 18.6. The van der Waals surface area contributed by atoms with Gasteiger partial charge in [0.25, 0.3) is 0 Å². The fourth-order valence-corrected chi connectivity index (χ4v) is 2.35. The van der Waals surface area contributed by atoms with Crippen molar-refractivity contribution in [1.82, 2.24) is 0 Å². The molecule has 0 heterocycles. The third kappa shape index (κ3) is 2.68. The molecule has 0 aliphatic carbocycles. The number of aromatic hydroxyl groups is 1. The quantitative estimate of drug-likeness (QED) is 0.775. The molecule has 90 valence electrons. The molecule has 4 nitrogen and oxygen atoms in total. The molecule has 4 N–H and O–H groups in total. The van der Waals surface area contributed by atoms with Crippen LogP contribution in [0.15, 0.2) is 15.0 Å². The van der Waals surface area contributed by atoms with Crippen molar-refractivity contribution < 1.29 is 14.9 Å². The first-order valence-electron chi connectivity index (χ1n) is 4.64. The molecule has 1 aromatic rings. The zero-order valence-corrected chi connectivity index (χ0v) is 11.9. The van der Waals surface area contributed by atoms with Gasteiger partial charge >= 0.3 is 0 Å². The molecule has 16 heavy (non-hydrogen) atoms. The Morgan fingerprint density at radius 1 is 1.44 bits per heavy atom. The number of methoxy groups -OCH3 is 1. The van der Waals surface area contributed by atoms with Gasteiger partial charge in [0.05, 0.1) is 11.6 Å². The summed E-state index contributed by atoms with van der Waals surface area (Å²) in [6, 6.07) is 1.34. The molecule has 0 amide bonds. The number of phenols is 1. The highest BCUT2D eigenvalue weighted by atomic mass is 79.9. The van der Waals surface area contributed by atoms with E-state index in [4.69, 9.17) is 15.6 Å². The molecule has 0 aliphatic rings. The molecular formula is C10H13Br2NO3. The van der Waals surface area contributed by atoms with Crippen molar-refractivity contribution in [3.63, 3.8) is 0 Å². The van der Waals surface area contributed by atoms with Crippen LogP contribution in [0.5, 0.6) is 11.5 Å². The van der Waals surface area contributed by atoms with E-state index in [9.17, 15) is 5.11 Å². The Morgan fingerprint density at radius 3 is 2.56 bits per heavy atom. The lowest BCUT2D eigenvalue weighted by Gasteiger charge is -2.16.